The third kappa shape index (κ3) is 3.72. The van der Waals surface area contributed by atoms with Gasteiger partial charge in [0.15, 0.2) is 0 Å². The average Bonchev–Trinajstić information content (AvgIpc) is 3.45. The number of hydrogen-bond donors (Lipinski definition) is 0. The molecular weight excluding hydrogens is 520 g/mol. The van der Waals surface area contributed by atoms with Gasteiger partial charge < -0.3 is 4.42 Å². The van der Waals surface area contributed by atoms with Gasteiger partial charge in [0.25, 0.3) is 0 Å². The van der Waals surface area contributed by atoms with E-state index in [1.165, 1.54) is 60.1 Å². The first kappa shape index (κ1) is 24.0. The molecule has 0 spiro atoms. The van der Waals surface area contributed by atoms with Crippen molar-refractivity contribution in [2.24, 2.45) is 0 Å². The summed E-state index contributed by atoms with van der Waals surface area (Å²) in [5.74, 6) is 0. The monoisotopic (exact) mass is 546 g/mol. The zero-order valence-electron chi connectivity index (χ0n) is 23.4. The maximum Gasteiger partial charge on any atom is 0.136 e. The molecule has 0 aliphatic rings. The summed E-state index contributed by atoms with van der Waals surface area (Å²) in [5.41, 5.74) is 9.19. The number of benzene rings is 8. The Labute approximate surface area is 249 Å². The van der Waals surface area contributed by atoms with Crippen LogP contribution in [0.15, 0.2) is 162 Å². The molecule has 8 aromatic carbocycles. The normalized spacial score (nSPS) is 11.7. The second-order valence-corrected chi connectivity index (χ2v) is 11.3. The van der Waals surface area contributed by atoms with Crippen molar-refractivity contribution in [3.05, 3.63) is 158 Å². The molecule has 0 atom stereocenters. The van der Waals surface area contributed by atoms with Crippen molar-refractivity contribution in [2.45, 2.75) is 0 Å². The van der Waals surface area contributed by atoms with Gasteiger partial charge >= 0.3 is 0 Å². The van der Waals surface area contributed by atoms with Gasteiger partial charge in [-0.2, -0.15) is 0 Å². The third-order valence-corrected chi connectivity index (χ3v) is 8.83. The number of hydrogen-bond acceptors (Lipinski definition) is 1. The van der Waals surface area contributed by atoms with Gasteiger partial charge in [0.2, 0.25) is 0 Å². The molecule has 1 nitrogen and oxygen atoms in total. The number of rotatable bonds is 3. The van der Waals surface area contributed by atoms with Gasteiger partial charge in [0, 0.05) is 10.8 Å². The molecule has 0 N–H and O–H groups in total. The van der Waals surface area contributed by atoms with E-state index in [1.54, 1.807) is 0 Å². The molecule has 0 aliphatic carbocycles. The summed E-state index contributed by atoms with van der Waals surface area (Å²) in [6.07, 6.45) is 0. The summed E-state index contributed by atoms with van der Waals surface area (Å²) in [7, 11) is 0. The van der Waals surface area contributed by atoms with Crippen LogP contribution in [-0.2, 0) is 0 Å². The number of para-hydroxylation sites is 1. The van der Waals surface area contributed by atoms with Crippen molar-refractivity contribution in [3.8, 4) is 33.4 Å². The van der Waals surface area contributed by atoms with Crippen molar-refractivity contribution in [1.82, 2.24) is 0 Å². The molecule has 1 heteroatoms. The molecule has 0 aliphatic heterocycles. The number of furan rings is 1. The predicted octanol–water partition coefficient (Wildman–Crippen LogP) is 12.0. The van der Waals surface area contributed by atoms with Crippen LogP contribution in [0.4, 0.5) is 0 Å². The number of fused-ring (bicyclic) bond motifs is 6. The highest BCUT2D eigenvalue weighted by Crippen LogP contribution is 2.45. The molecule has 200 valence electrons. The van der Waals surface area contributed by atoms with Crippen LogP contribution < -0.4 is 0 Å². The molecule has 0 fully saturated rings. The lowest BCUT2D eigenvalue weighted by molar-refractivity contribution is 0.669. The fourth-order valence-electron chi connectivity index (χ4n) is 6.94. The van der Waals surface area contributed by atoms with E-state index in [9.17, 15) is 0 Å². The first-order valence-corrected chi connectivity index (χ1v) is 14.8. The molecular formula is C42H26O. The van der Waals surface area contributed by atoms with Gasteiger partial charge in [0.05, 0.1) is 0 Å². The summed E-state index contributed by atoms with van der Waals surface area (Å²) in [6.45, 7) is 0. The van der Waals surface area contributed by atoms with Gasteiger partial charge in [-0.1, -0.05) is 127 Å². The van der Waals surface area contributed by atoms with Crippen molar-refractivity contribution in [2.75, 3.05) is 0 Å². The summed E-state index contributed by atoms with van der Waals surface area (Å²) in [6, 6.07) is 56.9. The Hall–Kier alpha value is -5.66. The molecule has 1 heterocycles. The van der Waals surface area contributed by atoms with E-state index >= 15 is 0 Å². The van der Waals surface area contributed by atoms with E-state index in [4.69, 9.17) is 4.42 Å². The van der Waals surface area contributed by atoms with E-state index in [0.717, 1.165) is 27.5 Å². The van der Waals surface area contributed by atoms with Gasteiger partial charge in [-0.15, -0.1) is 0 Å². The minimum absolute atomic E-state index is 0.913. The zero-order chi connectivity index (χ0) is 28.3. The van der Waals surface area contributed by atoms with E-state index < -0.39 is 0 Å². The molecule has 0 radical (unpaired) electrons. The summed E-state index contributed by atoms with van der Waals surface area (Å²) in [5, 5.41) is 9.80. The smallest absolute Gasteiger partial charge is 0.136 e. The SMILES string of the molecule is c1ccc(-c2c3ccccc3c(-c3cc(-c4ccc5c(c4)oc4ccccc45)c4ccccc4c3)c3ccccc23)cc1. The second kappa shape index (κ2) is 9.44. The van der Waals surface area contributed by atoms with Crippen LogP contribution in [0.25, 0.3) is 87.6 Å². The molecule has 1 aromatic heterocycles. The van der Waals surface area contributed by atoms with Crippen LogP contribution in [-0.4, -0.2) is 0 Å². The highest BCUT2D eigenvalue weighted by molar-refractivity contribution is 6.22. The fourth-order valence-corrected chi connectivity index (χ4v) is 6.94. The molecule has 0 saturated heterocycles. The van der Waals surface area contributed by atoms with Crippen molar-refractivity contribution >= 4 is 54.3 Å². The van der Waals surface area contributed by atoms with Gasteiger partial charge in [-0.25, -0.2) is 0 Å². The highest BCUT2D eigenvalue weighted by Gasteiger charge is 2.18. The van der Waals surface area contributed by atoms with Crippen molar-refractivity contribution < 1.29 is 4.42 Å². The Morgan fingerprint density at radius 1 is 0.302 bits per heavy atom. The van der Waals surface area contributed by atoms with Crippen molar-refractivity contribution in [3.63, 3.8) is 0 Å². The lowest BCUT2D eigenvalue weighted by Gasteiger charge is -2.19. The molecule has 9 aromatic rings. The lowest BCUT2D eigenvalue weighted by Crippen LogP contribution is -1.92. The van der Waals surface area contributed by atoms with Crippen LogP contribution >= 0.6 is 0 Å². The standard InChI is InChI=1S/C42H26O/c1-2-12-27(13-3-1)41-34-17-6-8-19-36(34)42(37-20-9-7-18-35(37)41)30-24-28-14-4-5-15-31(28)38(25-30)29-22-23-33-32-16-10-11-21-39(32)43-40(33)26-29/h1-26H. The first-order valence-electron chi connectivity index (χ1n) is 14.8. The zero-order valence-corrected chi connectivity index (χ0v) is 23.4. The Balaban J connectivity index is 1.36. The minimum Gasteiger partial charge on any atom is -0.456 e. The molecule has 0 saturated carbocycles. The van der Waals surface area contributed by atoms with Crippen molar-refractivity contribution in [1.29, 1.82) is 0 Å². The van der Waals surface area contributed by atoms with E-state index in [-0.39, 0.29) is 0 Å². The van der Waals surface area contributed by atoms with Crippen LogP contribution in [0, 0.1) is 0 Å². The Kier molecular flexibility index (Phi) is 5.27. The Bertz CT molecular complexity index is 2440. The summed E-state index contributed by atoms with van der Waals surface area (Å²) >= 11 is 0. The molecule has 0 unspecified atom stereocenters. The largest absolute Gasteiger partial charge is 0.456 e. The van der Waals surface area contributed by atoms with Gasteiger partial charge in [0.1, 0.15) is 11.2 Å². The molecule has 0 bridgehead atoms. The lowest BCUT2D eigenvalue weighted by atomic mass is 9.84. The van der Waals surface area contributed by atoms with E-state index in [0.29, 0.717) is 0 Å². The quantitative estimate of drug-likeness (QED) is 0.201. The summed E-state index contributed by atoms with van der Waals surface area (Å²) in [4.78, 5) is 0. The fraction of sp³-hybridized carbons (Fsp3) is 0. The molecule has 9 rings (SSSR count). The second-order valence-electron chi connectivity index (χ2n) is 11.3. The molecule has 0 amide bonds. The maximum atomic E-state index is 6.31. The van der Waals surface area contributed by atoms with Crippen LogP contribution in [0.2, 0.25) is 0 Å². The van der Waals surface area contributed by atoms with Crippen LogP contribution in [0.1, 0.15) is 0 Å². The topological polar surface area (TPSA) is 13.1 Å². The van der Waals surface area contributed by atoms with Gasteiger partial charge in [-0.05, 0) is 96.0 Å². The first-order chi connectivity index (χ1) is 21.3. The van der Waals surface area contributed by atoms with E-state index in [2.05, 4.69) is 146 Å². The van der Waals surface area contributed by atoms with Crippen LogP contribution in [0.5, 0.6) is 0 Å². The minimum atomic E-state index is 0.913. The van der Waals surface area contributed by atoms with E-state index in [1.807, 2.05) is 12.1 Å². The molecule has 43 heavy (non-hydrogen) atoms. The third-order valence-electron chi connectivity index (χ3n) is 8.83. The Morgan fingerprint density at radius 3 is 1.53 bits per heavy atom. The maximum absolute atomic E-state index is 6.31. The summed E-state index contributed by atoms with van der Waals surface area (Å²) < 4.78 is 6.31. The van der Waals surface area contributed by atoms with Gasteiger partial charge in [-0.3, -0.25) is 0 Å². The highest BCUT2D eigenvalue weighted by atomic mass is 16.3. The predicted molar refractivity (Wildman–Crippen MR) is 183 cm³/mol. The Morgan fingerprint density at radius 2 is 0.837 bits per heavy atom. The van der Waals surface area contributed by atoms with Crippen LogP contribution in [0.3, 0.4) is 0 Å². The average molecular weight is 547 g/mol.